The molecule has 0 saturated heterocycles. The van der Waals surface area contributed by atoms with E-state index in [9.17, 15) is 39.6 Å². The number of hydrogen-bond acceptors (Lipinski definition) is 10. The normalized spacial score (nSPS) is 55.5. The van der Waals surface area contributed by atoms with Crippen LogP contribution >= 0.6 is 21.6 Å². The van der Waals surface area contributed by atoms with Crippen molar-refractivity contribution in [3.8, 4) is 0 Å². The van der Waals surface area contributed by atoms with Crippen LogP contribution < -0.4 is 0 Å². The maximum Gasteiger partial charge on any atom is 0.232 e. The summed E-state index contributed by atoms with van der Waals surface area (Å²) in [5.74, 6) is -6.36. The zero-order valence-corrected chi connectivity index (χ0v) is 33.9. The summed E-state index contributed by atoms with van der Waals surface area (Å²) in [6.45, 7) is 9.34. The summed E-state index contributed by atoms with van der Waals surface area (Å²) >= 11 is 0. The molecule has 0 spiro atoms. The van der Waals surface area contributed by atoms with Gasteiger partial charge in [-0.2, -0.15) is 0 Å². The van der Waals surface area contributed by atoms with Crippen LogP contribution in [0.1, 0.15) is 80.1 Å². The maximum atomic E-state index is 17.6. The molecule has 0 heterocycles. The molecule has 8 nitrogen and oxygen atoms in total. The van der Waals surface area contributed by atoms with Gasteiger partial charge in [0.15, 0.2) is 22.9 Å². The van der Waals surface area contributed by atoms with Crippen molar-refractivity contribution in [3.05, 3.63) is 47.6 Å². The SMILES string of the molecule is C[C@@H]1C[C@H]2[C@@H]3C[C@H](F)C4=CC(=O)C=C[C@]4(C)[C@@]3(F)[C@@H](O)C[C@]2(C)[C@@]1(O)C(=O)SSC(=O)[C@@]1(O)[C@H](C)C[C@H]2[C@@H]3C[C@H](F)C4=CC(=O)C=C[C@]4(C)[C@@]3(F)[C@@H](O)C[C@@]21C. The number of aliphatic hydroxyl groups is 4. The molecule has 6 saturated carbocycles. The van der Waals surface area contributed by atoms with Gasteiger partial charge in [0.1, 0.15) is 23.5 Å². The van der Waals surface area contributed by atoms with Crippen molar-refractivity contribution in [1.29, 1.82) is 0 Å². The van der Waals surface area contributed by atoms with Gasteiger partial charge in [-0.3, -0.25) is 19.2 Å². The Kier molecular flexibility index (Phi) is 8.89. The third kappa shape index (κ3) is 4.50. The molecular weight excluding hydrogens is 773 g/mol. The number of halogens is 4. The third-order valence-corrected chi connectivity index (χ3v) is 19.4. The molecule has 4 N–H and O–H groups in total. The van der Waals surface area contributed by atoms with Gasteiger partial charge in [0.05, 0.1) is 12.2 Å². The van der Waals surface area contributed by atoms with Gasteiger partial charge in [-0.25, -0.2) is 17.6 Å². The molecule has 14 heteroatoms. The van der Waals surface area contributed by atoms with Gasteiger partial charge < -0.3 is 20.4 Å². The van der Waals surface area contributed by atoms with Crippen molar-refractivity contribution in [2.45, 2.75) is 127 Å². The topological polar surface area (TPSA) is 149 Å². The quantitative estimate of drug-likeness (QED) is 0.193. The van der Waals surface area contributed by atoms with Gasteiger partial charge in [0.25, 0.3) is 0 Å². The van der Waals surface area contributed by atoms with Crippen LogP contribution in [0.2, 0.25) is 0 Å². The molecule has 8 rings (SSSR count). The summed E-state index contributed by atoms with van der Waals surface area (Å²) in [5, 5.41) is 46.6. The van der Waals surface area contributed by atoms with Gasteiger partial charge in [-0.1, -0.05) is 39.8 Å². The molecule has 306 valence electrons. The summed E-state index contributed by atoms with van der Waals surface area (Å²) in [5.41, 5.74) is -15.5. The molecule has 56 heavy (non-hydrogen) atoms. The van der Waals surface area contributed by atoms with Gasteiger partial charge in [-0.15, -0.1) is 0 Å². The number of aliphatic hydroxyl groups excluding tert-OH is 2. The van der Waals surface area contributed by atoms with Crippen molar-refractivity contribution in [2.24, 2.45) is 57.2 Å². The van der Waals surface area contributed by atoms with Crippen LogP contribution in [0.25, 0.3) is 0 Å². The van der Waals surface area contributed by atoms with E-state index in [0.717, 1.165) is 12.2 Å². The van der Waals surface area contributed by atoms with Crippen molar-refractivity contribution in [2.75, 3.05) is 0 Å². The van der Waals surface area contributed by atoms with Crippen LogP contribution in [0, 0.1) is 57.2 Å². The number of carbonyl (C=O) groups is 4. The molecular formula is C42H50F4O8S2. The van der Waals surface area contributed by atoms with Gasteiger partial charge in [0, 0.05) is 33.5 Å². The van der Waals surface area contributed by atoms with E-state index in [2.05, 4.69) is 0 Å². The highest BCUT2D eigenvalue weighted by atomic mass is 33.1. The Morgan fingerprint density at radius 2 is 0.982 bits per heavy atom. The average Bonchev–Trinajstić information content (AvgIpc) is 3.46. The monoisotopic (exact) mass is 822 g/mol. The molecule has 0 unspecified atom stereocenters. The standard InChI is InChI=1S/C42H50F4O8S2/c1-19-11-23-25-15-29(43)27-13-21(47)7-9-35(27,3)39(25,45)31(49)17-37(23,5)41(19,53)33(51)55-56-34(52)42(54)20(2)12-24-26-16-30(44)28-14-22(48)8-10-36(28,4)40(26,46)32(50)18-38(24,42)6/h7-10,13-14,19-20,23-26,29-32,49-50,53-54H,11-12,15-18H2,1-6H3/t19-,20-,23+,24+,25+,26+,29+,30+,31+,32+,35+,36+,37+,38+,39+,40+,41+,42+/m1/s1. The van der Waals surface area contributed by atoms with E-state index in [0.29, 0.717) is 21.6 Å². The fourth-order valence-electron chi connectivity index (χ4n) is 14.2. The minimum Gasteiger partial charge on any atom is -0.390 e. The number of ketones is 2. The first-order chi connectivity index (χ1) is 25.8. The Bertz CT molecular complexity index is 1820. The molecule has 0 radical (unpaired) electrons. The minimum atomic E-state index is -2.41. The molecule has 8 aliphatic rings. The largest absolute Gasteiger partial charge is 0.390 e. The van der Waals surface area contributed by atoms with E-state index in [-0.39, 0.29) is 49.7 Å². The summed E-state index contributed by atoms with van der Waals surface area (Å²) in [6.07, 6.45) is -0.975. The van der Waals surface area contributed by atoms with Crippen LogP contribution in [-0.4, -0.2) is 89.3 Å². The van der Waals surface area contributed by atoms with Crippen LogP contribution in [0.4, 0.5) is 17.6 Å². The second-order valence-electron chi connectivity index (χ2n) is 19.3. The first kappa shape index (κ1) is 40.7. The molecule has 0 aromatic heterocycles. The average molecular weight is 823 g/mol. The summed E-state index contributed by atoms with van der Waals surface area (Å²) in [4.78, 5) is 53.0. The fourth-order valence-corrected chi connectivity index (χ4v) is 16.6. The number of fused-ring (bicyclic) bond motifs is 10. The zero-order chi connectivity index (χ0) is 41.1. The first-order valence-corrected chi connectivity index (χ1v) is 21.8. The Morgan fingerprint density at radius 1 is 0.643 bits per heavy atom. The summed E-state index contributed by atoms with van der Waals surface area (Å²) < 4.78 is 67.1. The number of carbonyl (C=O) groups excluding carboxylic acids is 4. The zero-order valence-electron chi connectivity index (χ0n) is 32.2. The number of rotatable bonds is 2. The first-order valence-electron chi connectivity index (χ1n) is 19.6. The smallest absolute Gasteiger partial charge is 0.232 e. The van der Waals surface area contributed by atoms with Gasteiger partial charge >= 0.3 is 0 Å². The second-order valence-corrected chi connectivity index (χ2v) is 21.3. The van der Waals surface area contributed by atoms with Gasteiger partial charge in [0.2, 0.25) is 10.2 Å². The fraction of sp³-hybridized carbons (Fsp3) is 0.714. The lowest BCUT2D eigenvalue weighted by Crippen LogP contribution is -2.70. The molecule has 18 atom stereocenters. The molecule has 6 fully saturated rings. The highest BCUT2D eigenvalue weighted by Crippen LogP contribution is 2.74. The maximum absolute atomic E-state index is 17.6. The lowest BCUT2D eigenvalue weighted by Gasteiger charge is -2.63. The Morgan fingerprint density at radius 3 is 1.32 bits per heavy atom. The molecule has 0 aromatic carbocycles. The summed E-state index contributed by atoms with van der Waals surface area (Å²) in [7, 11) is 0.831. The van der Waals surface area contributed by atoms with E-state index in [1.807, 2.05) is 0 Å². The van der Waals surface area contributed by atoms with Crippen molar-refractivity contribution >= 4 is 43.4 Å². The molecule has 0 aromatic rings. The van der Waals surface area contributed by atoms with E-state index < -0.39 is 126 Å². The summed E-state index contributed by atoms with van der Waals surface area (Å²) in [6, 6.07) is 0. The molecule has 0 amide bonds. The Labute approximate surface area is 331 Å². The van der Waals surface area contributed by atoms with E-state index >= 15 is 17.6 Å². The predicted molar refractivity (Wildman–Crippen MR) is 201 cm³/mol. The van der Waals surface area contributed by atoms with E-state index in [4.69, 9.17) is 0 Å². The lowest BCUT2D eigenvalue weighted by atomic mass is 9.44. The Balaban J connectivity index is 1.05. The highest BCUT2D eigenvalue weighted by Gasteiger charge is 2.79. The second kappa shape index (κ2) is 12.2. The molecule has 8 aliphatic carbocycles. The van der Waals surface area contributed by atoms with Crippen LogP contribution in [0.3, 0.4) is 0 Å². The van der Waals surface area contributed by atoms with Crippen LogP contribution in [0.5, 0.6) is 0 Å². The van der Waals surface area contributed by atoms with Crippen molar-refractivity contribution < 1.29 is 57.2 Å². The van der Waals surface area contributed by atoms with Crippen LogP contribution in [-0.2, 0) is 19.2 Å². The Hall–Kier alpha value is -2.10. The highest BCUT2D eigenvalue weighted by molar-refractivity contribution is 8.87. The van der Waals surface area contributed by atoms with Crippen molar-refractivity contribution in [3.63, 3.8) is 0 Å². The van der Waals surface area contributed by atoms with Gasteiger partial charge in [-0.05, 0) is 133 Å². The van der Waals surface area contributed by atoms with Crippen molar-refractivity contribution in [1.82, 2.24) is 0 Å². The molecule has 0 bridgehead atoms. The number of alkyl halides is 4. The third-order valence-electron chi connectivity index (χ3n) is 17.2. The minimum absolute atomic E-state index is 0.0435. The van der Waals surface area contributed by atoms with E-state index in [1.165, 1.54) is 38.2 Å². The number of allylic oxidation sites excluding steroid dienone is 8. The molecule has 0 aliphatic heterocycles. The lowest BCUT2D eigenvalue weighted by molar-refractivity contribution is -0.221. The predicted octanol–water partition coefficient (Wildman–Crippen LogP) is 6.01. The van der Waals surface area contributed by atoms with Crippen LogP contribution in [0.15, 0.2) is 47.6 Å². The van der Waals surface area contributed by atoms with E-state index in [1.54, 1.807) is 27.7 Å². The number of hydrogen-bond donors (Lipinski definition) is 4.